The third-order valence-electron chi connectivity index (χ3n) is 4.58. The molecule has 1 fully saturated rings. The van der Waals surface area contributed by atoms with E-state index in [9.17, 15) is 4.79 Å². The molecular formula is C18H29N3O2. The first-order valence-corrected chi connectivity index (χ1v) is 8.18. The lowest BCUT2D eigenvalue weighted by molar-refractivity contribution is 0.0174. The van der Waals surface area contributed by atoms with E-state index in [1.165, 1.54) is 0 Å². The fourth-order valence-electron chi connectivity index (χ4n) is 2.84. The minimum absolute atomic E-state index is 0.0224. The van der Waals surface area contributed by atoms with Crippen LogP contribution in [0.15, 0.2) is 24.3 Å². The lowest BCUT2D eigenvalue weighted by Gasteiger charge is -2.46. The van der Waals surface area contributed by atoms with Crippen molar-refractivity contribution in [2.45, 2.75) is 51.7 Å². The Morgan fingerprint density at radius 3 is 2.22 bits per heavy atom. The summed E-state index contributed by atoms with van der Waals surface area (Å²) in [5.74, 6) is 0. The average molecular weight is 319 g/mol. The Kier molecular flexibility index (Phi) is 4.78. The summed E-state index contributed by atoms with van der Waals surface area (Å²) in [6.45, 7) is 9.36. The number of nitrogen functional groups attached to an aromatic ring is 1. The van der Waals surface area contributed by atoms with Crippen molar-refractivity contribution in [2.24, 2.45) is 0 Å². The summed E-state index contributed by atoms with van der Waals surface area (Å²) in [4.78, 5) is 16.3. The minimum atomic E-state index is -0.446. The van der Waals surface area contributed by atoms with Gasteiger partial charge in [0.2, 0.25) is 0 Å². The van der Waals surface area contributed by atoms with E-state index in [2.05, 4.69) is 18.9 Å². The molecule has 1 aliphatic rings. The standard InChI is InChI=1S/C18H29N3O2/c1-17(2,3)23-16(22)21-12-10-18(4,11-13-21)20(5)15-8-6-14(19)7-9-15/h6-9H,10-13,19H2,1-5H3. The van der Waals surface area contributed by atoms with Crippen LogP contribution in [0, 0.1) is 0 Å². The van der Waals surface area contributed by atoms with Crippen LogP contribution < -0.4 is 10.6 Å². The zero-order valence-electron chi connectivity index (χ0n) is 14.9. The van der Waals surface area contributed by atoms with Gasteiger partial charge in [-0.3, -0.25) is 0 Å². The van der Waals surface area contributed by atoms with Crippen LogP contribution in [0.4, 0.5) is 16.2 Å². The van der Waals surface area contributed by atoms with Crippen molar-refractivity contribution in [3.63, 3.8) is 0 Å². The summed E-state index contributed by atoms with van der Waals surface area (Å²) in [7, 11) is 2.11. The van der Waals surface area contributed by atoms with Crippen LogP contribution >= 0.6 is 0 Å². The maximum atomic E-state index is 12.2. The van der Waals surface area contributed by atoms with Crippen LogP contribution in [0.5, 0.6) is 0 Å². The second-order valence-electron chi connectivity index (χ2n) is 7.61. The molecule has 0 bridgehead atoms. The maximum absolute atomic E-state index is 12.2. The monoisotopic (exact) mass is 319 g/mol. The van der Waals surface area contributed by atoms with Crippen LogP contribution in [-0.4, -0.2) is 42.3 Å². The van der Waals surface area contributed by atoms with Gasteiger partial charge in [-0.25, -0.2) is 4.79 Å². The number of hydrogen-bond donors (Lipinski definition) is 1. The number of amides is 1. The van der Waals surface area contributed by atoms with E-state index in [4.69, 9.17) is 10.5 Å². The lowest BCUT2D eigenvalue weighted by Crippen LogP contribution is -2.54. The number of carbonyl (C=O) groups excluding carboxylic acids is 1. The Balaban J connectivity index is 1.99. The van der Waals surface area contributed by atoms with Gasteiger partial charge in [-0.2, -0.15) is 0 Å². The van der Waals surface area contributed by atoms with Crippen LogP contribution in [0.25, 0.3) is 0 Å². The average Bonchev–Trinajstić information content (AvgIpc) is 2.46. The van der Waals surface area contributed by atoms with Crippen molar-refractivity contribution >= 4 is 17.5 Å². The van der Waals surface area contributed by atoms with Crippen LogP contribution in [0.2, 0.25) is 0 Å². The van der Waals surface area contributed by atoms with Gasteiger partial charge in [-0.05, 0) is 64.8 Å². The Morgan fingerprint density at radius 1 is 1.22 bits per heavy atom. The molecule has 0 radical (unpaired) electrons. The minimum Gasteiger partial charge on any atom is -0.444 e. The highest BCUT2D eigenvalue weighted by atomic mass is 16.6. The van der Waals surface area contributed by atoms with Crippen molar-refractivity contribution in [2.75, 3.05) is 30.8 Å². The molecule has 0 aliphatic carbocycles. The molecule has 1 aromatic rings. The van der Waals surface area contributed by atoms with Gasteiger partial charge in [0.15, 0.2) is 0 Å². The zero-order chi connectivity index (χ0) is 17.3. The molecular weight excluding hydrogens is 290 g/mol. The number of carbonyl (C=O) groups is 1. The molecule has 0 atom stereocenters. The Morgan fingerprint density at radius 2 is 1.74 bits per heavy atom. The van der Waals surface area contributed by atoms with Crippen molar-refractivity contribution in [3.8, 4) is 0 Å². The number of piperidine rings is 1. The van der Waals surface area contributed by atoms with Gasteiger partial charge in [0.25, 0.3) is 0 Å². The molecule has 0 saturated carbocycles. The number of anilines is 2. The number of nitrogens with zero attached hydrogens (tertiary/aromatic N) is 2. The van der Waals surface area contributed by atoms with Crippen LogP contribution in [0.3, 0.4) is 0 Å². The maximum Gasteiger partial charge on any atom is 0.410 e. The Hall–Kier alpha value is -1.91. The number of benzene rings is 1. The normalized spacial score (nSPS) is 17.7. The summed E-state index contributed by atoms with van der Waals surface area (Å²) < 4.78 is 5.46. The van der Waals surface area contributed by atoms with E-state index >= 15 is 0 Å². The fourth-order valence-corrected chi connectivity index (χ4v) is 2.84. The molecule has 128 valence electrons. The summed E-state index contributed by atoms with van der Waals surface area (Å²) in [6.07, 6.45) is 1.61. The molecule has 0 unspecified atom stereocenters. The third kappa shape index (κ3) is 4.30. The van der Waals surface area contributed by atoms with Crippen molar-refractivity contribution in [3.05, 3.63) is 24.3 Å². The van der Waals surface area contributed by atoms with E-state index in [1.54, 1.807) is 0 Å². The molecule has 2 rings (SSSR count). The number of hydrogen-bond acceptors (Lipinski definition) is 4. The van der Waals surface area contributed by atoms with Crippen molar-refractivity contribution in [1.29, 1.82) is 0 Å². The quantitative estimate of drug-likeness (QED) is 0.848. The van der Waals surface area contributed by atoms with E-state index in [0.717, 1.165) is 24.2 Å². The number of nitrogens with two attached hydrogens (primary N) is 1. The van der Waals surface area contributed by atoms with Gasteiger partial charge >= 0.3 is 6.09 Å². The topological polar surface area (TPSA) is 58.8 Å². The van der Waals surface area contributed by atoms with Gasteiger partial charge in [-0.15, -0.1) is 0 Å². The molecule has 1 amide bonds. The van der Waals surface area contributed by atoms with Gasteiger partial charge in [0.05, 0.1) is 0 Å². The Labute approximate surface area is 139 Å². The number of likely N-dealkylation sites (tertiary alicyclic amines) is 1. The van der Waals surface area contributed by atoms with Crippen LogP contribution in [0.1, 0.15) is 40.5 Å². The molecule has 1 aromatic carbocycles. The van der Waals surface area contributed by atoms with E-state index < -0.39 is 5.60 Å². The highest BCUT2D eigenvalue weighted by Gasteiger charge is 2.36. The number of rotatable bonds is 2. The van der Waals surface area contributed by atoms with Crippen molar-refractivity contribution < 1.29 is 9.53 Å². The van der Waals surface area contributed by atoms with E-state index in [-0.39, 0.29) is 11.6 Å². The van der Waals surface area contributed by atoms with Crippen molar-refractivity contribution in [1.82, 2.24) is 4.90 Å². The van der Waals surface area contributed by atoms with Crippen LogP contribution in [-0.2, 0) is 4.74 Å². The summed E-state index contributed by atoms with van der Waals surface area (Å²) in [6, 6.07) is 7.93. The third-order valence-corrected chi connectivity index (χ3v) is 4.58. The Bertz CT molecular complexity index is 540. The van der Waals surface area contributed by atoms with Gasteiger partial charge < -0.3 is 20.3 Å². The largest absolute Gasteiger partial charge is 0.444 e. The molecule has 2 N–H and O–H groups in total. The highest BCUT2D eigenvalue weighted by Crippen LogP contribution is 2.32. The SMILES string of the molecule is CN(c1ccc(N)cc1)C1(C)CCN(C(=O)OC(C)(C)C)CC1. The van der Waals surface area contributed by atoms with Gasteiger partial charge in [0.1, 0.15) is 5.60 Å². The highest BCUT2D eigenvalue weighted by molar-refractivity contribution is 5.68. The van der Waals surface area contributed by atoms with Gasteiger partial charge in [-0.1, -0.05) is 0 Å². The molecule has 0 aromatic heterocycles. The lowest BCUT2D eigenvalue weighted by atomic mass is 9.87. The second kappa shape index (κ2) is 6.30. The molecule has 1 saturated heterocycles. The molecule has 23 heavy (non-hydrogen) atoms. The molecule has 1 aliphatic heterocycles. The first-order valence-electron chi connectivity index (χ1n) is 8.18. The smallest absolute Gasteiger partial charge is 0.410 e. The molecule has 1 heterocycles. The predicted molar refractivity (Wildman–Crippen MR) is 94.7 cm³/mol. The predicted octanol–water partition coefficient (Wildman–Crippen LogP) is 3.49. The first kappa shape index (κ1) is 17.4. The molecule has 5 nitrogen and oxygen atoms in total. The second-order valence-corrected chi connectivity index (χ2v) is 7.61. The van der Waals surface area contributed by atoms with E-state index in [0.29, 0.717) is 13.1 Å². The first-order chi connectivity index (χ1) is 10.6. The zero-order valence-corrected chi connectivity index (χ0v) is 14.9. The number of ether oxygens (including phenoxy) is 1. The summed E-state index contributed by atoms with van der Waals surface area (Å²) >= 11 is 0. The summed E-state index contributed by atoms with van der Waals surface area (Å²) in [5, 5.41) is 0. The molecule has 5 heteroatoms. The summed E-state index contributed by atoms with van der Waals surface area (Å²) in [5.41, 5.74) is 7.26. The molecule has 0 spiro atoms. The van der Waals surface area contributed by atoms with Gasteiger partial charge in [0, 0.05) is 37.1 Å². The fraction of sp³-hybridized carbons (Fsp3) is 0.611. The van der Waals surface area contributed by atoms with E-state index in [1.807, 2.05) is 49.9 Å².